The first-order chi connectivity index (χ1) is 11.9. The Hall–Kier alpha value is -2.19. The molecule has 3 N–H and O–H groups in total. The predicted molar refractivity (Wildman–Crippen MR) is 98.1 cm³/mol. The quantitative estimate of drug-likeness (QED) is 0.854. The van der Waals surface area contributed by atoms with E-state index in [4.69, 9.17) is 5.73 Å². The van der Waals surface area contributed by atoms with E-state index in [-0.39, 0.29) is 11.9 Å². The van der Waals surface area contributed by atoms with E-state index in [1.165, 1.54) is 11.3 Å². The van der Waals surface area contributed by atoms with Crippen LogP contribution in [0, 0.1) is 0 Å². The molecular formula is C17H23N5O2S. The Labute approximate surface area is 150 Å². The van der Waals surface area contributed by atoms with Gasteiger partial charge in [0.15, 0.2) is 0 Å². The van der Waals surface area contributed by atoms with Gasteiger partial charge in [0.2, 0.25) is 0 Å². The van der Waals surface area contributed by atoms with Gasteiger partial charge in [-0.1, -0.05) is 6.92 Å². The van der Waals surface area contributed by atoms with Crippen molar-refractivity contribution < 1.29 is 9.59 Å². The van der Waals surface area contributed by atoms with Crippen molar-refractivity contribution in [1.29, 1.82) is 0 Å². The molecule has 0 bridgehead atoms. The van der Waals surface area contributed by atoms with Gasteiger partial charge in [-0.3, -0.25) is 19.2 Å². The van der Waals surface area contributed by atoms with Crippen molar-refractivity contribution in [1.82, 2.24) is 14.7 Å². The van der Waals surface area contributed by atoms with Crippen LogP contribution in [0.1, 0.15) is 58.1 Å². The molecule has 0 spiro atoms. The van der Waals surface area contributed by atoms with Crippen LogP contribution in [0.25, 0.3) is 0 Å². The van der Waals surface area contributed by atoms with Gasteiger partial charge >= 0.3 is 0 Å². The Kier molecular flexibility index (Phi) is 4.91. The van der Waals surface area contributed by atoms with Crippen LogP contribution in [-0.2, 0) is 13.0 Å². The number of amides is 2. The molecule has 3 rings (SSSR count). The average Bonchev–Trinajstić information content (AvgIpc) is 3.18. The summed E-state index contributed by atoms with van der Waals surface area (Å²) in [6.07, 6.45) is 2.38. The number of aromatic nitrogens is 2. The SMILES string of the molecule is CCN1CCc2c(sc(NC(=O)c3ccnn3C(C)C)c2C(N)=O)C1. The molecule has 134 valence electrons. The van der Waals surface area contributed by atoms with Gasteiger partial charge in [-0.05, 0) is 38.4 Å². The summed E-state index contributed by atoms with van der Waals surface area (Å²) in [5, 5.41) is 7.60. The summed E-state index contributed by atoms with van der Waals surface area (Å²) in [4.78, 5) is 28.1. The Balaban J connectivity index is 1.92. The van der Waals surface area contributed by atoms with E-state index in [0.29, 0.717) is 16.3 Å². The highest BCUT2D eigenvalue weighted by molar-refractivity contribution is 7.17. The Morgan fingerprint density at radius 3 is 2.84 bits per heavy atom. The van der Waals surface area contributed by atoms with Crippen molar-refractivity contribution in [2.75, 3.05) is 18.4 Å². The molecule has 0 fully saturated rings. The maximum absolute atomic E-state index is 12.7. The highest BCUT2D eigenvalue weighted by Crippen LogP contribution is 2.37. The largest absolute Gasteiger partial charge is 0.365 e. The van der Waals surface area contributed by atoms with Gasteiger partial charge in [-0.15, -0.1) is 11.3 Å². The van der Waals surface area contributed by atoms with Gasteiger partial charge in [-0.25, -0.2) is 0 Å². The molecule has 25 heavy (non-hydrogen) atoms. The fourth-order valence-electron chi connectivity index (χ4n) is 3.15. The summed E-state index contributed by atoms with van der Waals surface area (Å²) in [5.41, 5.74) is 7.51. The number of likely N-dealkylation sites (N-methyl/N-ethyl adjacent to an activating group) is 1. The molecule has 0 radical (unpaired) electrons. The third-order valence-corrected chi connectivity index (χ3v) is 5.58. The van der Waals surface area contributed by atoms with E-state index < -0.39 is 5.91 Å². The maximum Gasteiger partial charge on any atom is 0.274 e. The fraction of sp³-hybridized carbons (Fsp3) is 0.471. The van der Waals surface area contributed by atoms with E-state index in [2.05, 4.69) is 22.2 Å². The number of carbonyl (C=O) groups is 2. The maximum atomic E-state index is 12.7. The van der Waals surface area contributed by atoms with Gasteiger partial charge in [0.05, 0.1) is 5.56 Å². The zero-order valence-corrected chi connectivity index (χ0v) is 15.5. The van der Waals surface area contributed by atoms with Gasteiger partial charge in [0.1, 0.15) is 10.7 Å². The van der Waals surface area contributed by atoms with Crippen LogP contribution < -0.4 is 11.1 Å². The summed E-state index contributed by atoms with van der Waals surface area (Å²) in [5.74, 6) is -0.769. The lowest BCUT2D eigenvalue weighted by Crippen LogP contribution is -2.30. The molecule has 0 aromatic carbocycles. The van der Waals surface area contributed by atoms with Gasteiger partial charge < -0.3 is 11.1 Å². The number of rotatable bonds is 5. The first-order valence-corrected chi connectivity index (χ1v) is 9.25. The van der Waals surface area contributed by atoms with Crippen LogP contribution in [0.2, 0.25) is 0 Å². The Morgan fingerprint density at radius 2 is 2.20 bits per heavy atom. The zero-order valence-electron chi connectivity index (χ0n) is 14.7. The Morgan fingerprint density at radius 1 is 1.44 bits per heavy atom. The number of hydrogen-bond acceptors (Lipinski definition) is 5. The number of hydrogen-bond donors (Lipinski definition) is 2. The minimum Gasteiger partial charge on any atom is -0.365 e. The standard InChI is InChI=1S/C17H23N5O2S/c1-4-21-8-6-11-13(9-21)25-17(14(11)15(18)23)20-16(24)12-5-7-19-22(12)10(2)3/h5,7,10H,4,6,8-9H2,1-3H3,(H2,18,23)(H,20,24). The van der Waals surface area contributed by atoms with Crippen LogP contribution in [0.4, 0.5) is 5.00 Å². The molecule has 1 aliphatic rings. The molecule has 2 amide bonds. The summed E-state index contributed by atoms with van der Waals surface area (Å²) in [6.45, 7) is 8.68. The van der Waals surface area contributed by atoms with E-state index >= 15 is 0 Å². The topological polar surface area (TPSA) is 93.2 Å². The number of nitrogens with one attached hydrogen (secondary N) is 1. The molecule has 7 nitrogen and oxygen atoms in total. The second-order valence-corrected chi connectivity index (χ2v) is 7.50. The van der Waals surface area contributed by atoms with Crippen molar-refractivity contribution in [3.05, 3.63) is 34.0 Å². The van der Waals surface area contributed by atoms with E-state index in [1.807, 2.05) is 13.8 Å². The smallest absolute Gasteiger partial charge is 0.274 e. The number of fused-ring (bicyclic) bond motifs is 1. The Bertz CT molecular complexity index is 808. The molecule has 0 saturated heterocycles. The van der Waals surface area contributed by atoms with E-state index in [0.717, 1.165) is 36.5 Å². The summed E-state index contributed by atoms with van der Waals surface area (Å²) < 4.78 is 1.66. The number of anilines is 1. The highest BCUT2D eigenvalue weighted by Gasteiger charge is 2.28. The second kappa shape index (κ2) is 6.97. The monoisotopic (exact) mass is 361 g/mol. The van der Waals surface area contributed by atoms with E-state index in [1.54, 1.807) is 16.9 Å². The van der Waals surface area contributed by atoms with Crippen LogP contribution in [0.5, 0.6) is 0 Å². The molecule has 8 heteroatoms. The molecule has 0 atom stereocenters. The van der Waals surface area contributed by atoms with Gasteiger partial charge in [-0.2, -0.15) is 5.10 Å². The predicted octanol–water partition coefficient (Wildman–Crippen LogP) is 2.25. The minimum atomic E-state index is -0.491. The number of carbonyl (C=O) groups excluding carboxylic acids is 2. The van der Waals surface area contributed by atoms with Gasteiger partial charge in [0, 0.05) is 30.2 Å². The summed E-state index contributed by atoms with van der Waals surface area (Å²) in [6, 6.07) is 1.74. The molecule has 1 aliphatic heterocycles. The van der Waals surface area contributed by atoms with E-state index in [9.17, 15) is 9.59 Å². The van der Waals surface area contributed by atoms with Gasteiger partial charge in [0.25, 0.3) is 11.8 Å². The lowest BCUT2D eigenvalue weighted by atomic mass is 10.0. The second-order valence-electron chi connectivity index (χ2n) is 6.40. The van der Waals surface area contributed by atoms with Crippen molar-refractivity contribution in [2.45, 2.75) is 39.8 Å². The molecule has 0 unspecified atom stereocenters. The first kappa shape index (κ1) is 17.6. The van der Waals surface area contributed by atoms with Crippen molar-refractivity contribution >= 4 is 28.2 Å². The molecule has 0 saturated carbocycles. The molecule has 0 aliphatic carbocycles. The first-order valence-electron chi connectivity index (χ1n) is 8.43. The van der Waals surface area contributed by atoms with Crippen LogP contribution >= 0.6 is 11.3 Å². The molecule has 3 heterocycles. The lowest BCUT2D eigenvalue weighted by molar-refractivity contribution is 0.1000. The highest BCUT2D eigenvalue weighted by atomic mass is 32.1. The number of primary amides is 1. The summed E-state index contributed by atoms with van der Waals surface area (Å²) in [7, 11) is 0. The minimum absolute atomic E-state index is 0.0704. The zero-order chi connectivity index (χ0) is 18.1. The van der Waals surface area contributed by atoms with Crippen molar-refractivity contribution in [2.24, 2.45) is 5.73 Å². The van der Waals surface area contributed by atoms with Crippen molar-refractivity contribution in [3.63, 3.8) is 0 Å². The molecular weight excluding hydrogens is 338 g/mol. The molecule has 2 aromatic heterocycles. The van der Waals surface area contributed by atoms with Crippen molar-refractivity contribution in [3.8, 4) is 0 Å². The number of nitrogens with two attached hydrogens (primary N) is 1. The molecule has 2 aromatic rings. The van der Waals surface area contributed by atoms with Crippen LogP contribution in [0.15, 0.2) is 12.3 Å². The number of thiophene rings is 1. The third kappa shape index (κ3) is 3.32. The fourth-order valence-corrected chi connectivity index (χ4v) is 4.44. The average molecular weight is 361 g/mol. The summed E-state index contributed by atoms with van der Waals surface area (Å²) >= 11 is 1.45. The third-order valence-electron chi connectivity index (χ3n) is 4.45. The normalized spacial score (nSPS) is 14.6. The van der Waals surface area contributed by atoms with Crippen LogP contribution in [0.3, 0.4) is 0 Å². The number of nitrogens with zero attached hydrogens (tertiary/aromatic N) is 3. The lowest BCUT2D eigenvalue weighted by Gasteiger charge is -2.25. The van der Waals surface area contributed by atoms with Crippen LogP contribution in [-0.4, -0.2) is 39.6 Å².